The first-order valence-corrected chi connectivity index (χ1v) is 10.3. The number of aliphatic hydroxyl groups excluding tert-OH is 1. The quantitative estimate of drug-likeness (QED) is 0.422. The van der Waals surface area contributed by atoms with Gasteiger partial charge in [-0.3, -0.25) is 4.79 Å². The van der Waals surface area contributed by atoms with Crippen LogP contribution in [0.2, 0.25) is 0 Å². The van der Waals surface area contributed by atoms with Crippen LogP contribution in [-0.4, -0.2) is 53.5 Å². The molecule has 1 aliphatic carbocycles. The molecule has 4 N–H and O–H groups in total. The Morgan fingerprint density at radius 1 is 1.00 bits per heavy atom. The Bertz CT molecular complexity index is 960. The van der Waals surface area contributed by atoms with Crippen molar-refractivity contribution >= 4 is 18.0 Å². The third kappa shape index (κ3) is 5.15. The van der Waals surface area contributed by atoms with Crippen LogP contribution in [0, 0.1) is 0 Å². The maximum Gasteiger partial charge on any atom is 0.407 e. The van der Waals surface area contributed by atoms with E-state index in [1.54, 1.807) is 6.08 Å². The van der Waals surface area contributed by atoms with E-state index in [2.05, 4.69) is 17.2 Å². The monoisotopic (exact) mass is 438 g/mol. The molecule has 32 heavy (non-hydrogen) atoms. The second-order valence-electron chi connectivity index (χ2n) is 7.47. The van der Waals surface area contributed by atoms with E-state index in [0.717, 1.165) is 22.3 Å². The molecule has 0 spiro atoms. The molecule has 1 unspecified atom stereocenters. The van der Waals surface area contributed by atoms with Crippen molar-refractivity contribution in [3.8, 4) is 11.1 Å². The fourth-order valence-corrected chi connectivity index (χ4v) is 3.79. The highest BCUT2D eigenvalue weighted by atomic mass is 16.5. The summed E-state index contributed by atoms with van der Waals surface area (Å²) in [5, 5.41) is 22.9. The zero-order valence-electron chi connectivity index (χ0n) is 17.5. The van der Waals surface area contributed by atoms with E-state index in [4.69, 9.17) is 14.9 Å². The van der Waals surface area contributed by atoms with E-state index < -0.39 is 36.7 Å². The molecule has 168 valence electrons. The van der Waals surface area contributed by atoms with Gasteiger partial charge in [0.2, 0.25) is 5.91 Å². The van der Waals surface area contributed by atoms with Crippen LogP contribution in [0.25, 0.3) is 11.1 Å². The highest BCUT2D eigenvalue weighted by Crippen LogP contribution is 2.44. The highest BCUT2D eigenvalue weighted by Gasteiger charge is 2.30. The van der Waals surface area contributed by atoms with Crippen LogP contribution in [0.3, 0.4) is 0 Å². The number of rotatable bonds is 10. The topological polar surface area (TPSA) is 125 Å². The molecule has 8 heteroatoms. The number of fused-ring (bicyclic) bond motifs is 3. The van der Waals surface area contributed by atoms with Gasteiger partial charge < -0.3 is 25.6 Å². The summed E-state index contributed by atoms with van der Waals surface area (Å²) in [5.41, 5.74) is 4.33. The molecule has 0 saturated heterocycles. The zero-order valence-corrected chi connectivity index (χ0v) is 17.5. The van der Waals surface area contributed by atoms with Crippen LogP contribution >= 0.6 is 0 Å². The zero-order chi connectivity index (χ0) is 23.1. The van der Waals surface area contributed by atoms with E-state index >= 15 is 0 Å². The molecule has 0 aliphatic heterocycles. The van der Waals surface area contributed by atoms with Crippen molar-refractivity contribution in [3.05, 3.63) is 72.3 Å². The van der Waals surface area contributed by atoms with Gasteiger partial charge in [-0.25, -0.2) is 9.59 Å². The summed E-state index contributed by atoms with van der Waals surface area (Å²) >= 11 is 0. The molecular weight excluding hydrogens is 412 g/mol. The SMILES string of the molecule is C=CCCC(NC(=O)OCC1c2ccccc2-c2ccccc21)C(=O)N[C@H](CO)C(=O)O. The number of allylic oxidation sites excluding steroid dienone is 1. The van der Waals surface area contributed by atoms with Gasteiger partial charge in [-0.05, 0) is 35.1 Å². The largest absolute Gasteiger partial charge is 0.480 e. The molecule has 0 radical (unpaired) electrons. The van der Waals surface area contributed by atoms with Crippen molar-refractivity contribution in [2.24, 2.45) is 0 Å². The number of hydrogen-bond donors (Lipinski definition) is 4. The van der Waals surface area contributed by atoms with E-state index in [-0.39, 0.29) is 18.9 Å². The molecule has 2 amide bonds. The number of hydrogen-bond acceptors (Lipinski definition) is 5. The van der Waals surface area contributed by atoms with E-state index in [1.807, 2.05) is 48.5 Å². The van der Waals surface area contributed by atoms with E-state index in [1.165, 1.54) is 0 Å². The lowest BCUT2D eigenvalue weighted by Crippen LogP contribution is -2.52. The van der Waals surface area contributed by atoms with Gasteiger partial charge in [0.15, 0.2) is 0 Å². The summed E-state index contributed by atoms with van der Waals surface area (Å²) in [7, 11) is 0. The van der Waals surface area contributed by atoms with Crippen molar-refractivity contribution in [2.75, 3.05) is 13.2 Å². The van der Waals surface area contributed by atoms with Gasteiger partial charge >= 0.3 is 12.1 Å². The number of nitrogens with one attached hydrogen (secondary N) is 2. The predicted octanol–water partition coefficient (Wildman–Crippen LogP) is 2.42. The Balaban J connectivity index is 1.66. The van der Waals surface area contributed by atoms with Gasteiger partial charge in [0.05, 0.1) is 6.61 Å². The maximum atomic E-state index is 12.5. The van der Waals surface area contributed by atoms with Gasteiger partial charge in [-0.2, -0.15) is 0 Å². The van der Waals surface area contributed by atoms with Gasteiger partial charge in [-0.15, -0.1) is 6.58 Å². The van der Waals surface area contributed by atoms with Crippen LogP contribution in [0.5, 0.6) is 0 Å². The number of ether oxygens (including phenoxy) is 1. The number of aliphatic carboxylic acids is 1. The van der Waals surface area contributed by atoms with Crippen LogP contribution < -0.4 is 10.6 Å². The summed E-state index contributed by atoms with van der Waals surface area (Å²) in [5.74, 6) is -2.22. The normalized spacial score (nSPS) is 13.9. The maximum absolute atomic E-state index is 12.5. The highest BCUT2D eigenvalue weighted by molar-refractivity contribution is 5.89. The Morgan fingerprint density at radius 2 is 1.59 bits per heavy atom. The molecule has 0 fully saturated rings. The first kappa shape index (κ1) is 23.0. The Hall–Kier alpha value is -3.65. The molecule has 1 aliphatic rings. The molecule has 2 atom stereocenters. The lowest BCUT2D eigenvalue weighted by atomic mass is 9.98. The number of carbonyl (C=O) groups excluding carboxylic acids is 2. The molecule has 8 nitrogen and oxygen atoms in total. The Kier molecular flexibility index (Phi) is 7.62. The van der Waals surface area contributed by atoms with Crippen molar-refractivity contribution in [1.82, 2.24) is 10.6 Å². The van der Waals surface area contributed by atoms with E-state index in [0.29, 0.717) is 6.42 Å². The molecule has 2 aromatic carbocycles. The van der Waals surface area contributed by atoms with Crippen molar-refractivity contribution in [1.29, 1.82) is 0 Å². The minimum Gasteiger partial charge on any atom is -0.480 e. The first-order valence-electron chi connectivity index (χ1n) is 10.3. The van der Waals surface area contributed by atoms with Crippen LogP contribution in [-0.2, 0) is 14.3 Å². The number of benzene rings is 2. The average Bonchev–Trinajstić information content (AvgIpc) is 3.12. The standard InChI is InChI=1S/C24H26N2O6/c1-2-3-12-20(22(28)25-21(13-27)23(29)30)26-24(31)32-14-19-17-10-6-4-8-15(17)16-9-5-7-11-18(16)19/h2,4-11,19-21,27H,1,3,12-14H2,(H,25,28)(H,26,31)(H,29,30)/t20?,21-/m1/s1. The number of carboxylic acids is 1. The van der Waals surface area contributed by atoms with Crippen LogP contribution in [0.4, 0.5) is 4.79 Å². The second kappa shape index (κ2) is 10.6. The fourth-order valence-electron chi connectivity index (χ4n) is 3.79. The third-order valence-electron chi connectivity index (χ3n) is 5.41. The van der Waals surface area contributed by atoms with E-state index in [9.17, 15) is 14.4 Å². The average molecular weight is 438 g/mol. The summed E-state index contributed by atoms with van der Waals surface area (Å²) in [4.78, 5) is 36.0. The number of carbonyl (C=O) groups is 3. The summed E-state index contributed by atoms with van der Waals surface area (Å²) in [6.07, 6.45) is 1.42. The third-order valence-corrected chi connectivity index (χ3v) is 5.41. The van der Waals surface area contributed by atoms with Gasteiger partial charge in [-0.1, -0.05) is 54.6 Å². The minimum absolute atomic E-state index is 0.0873. The van der Waals surface area contributed by atoms with Crippen LogP contribution in [0.1, 0.15) is 29.9 Å². The molecule has 0 saturated carbocycles. The smallest absolute Gasteiger partial charge is 0.407 e. The van der Waals surface area contributed by atoms with Gasteiger partial charge in [0, 0.05) is 5.92 Å². The van der Waals surface area contributed by atoms with Gasteiger partial charge in [0.25, 0.3) is 0 Å². The van der Waals surface area contributed by atoms with Crippen molar-refractivity contribution < 1.29 is 29.3 Å². The van der Waals surface area contributed by atoms with Crippen LogP contribution in [0.15, 0.2) is 61.2 Å². The minimum atomic E-state index is -1.46. The number of carboxylic acid groups (broad SMARTS) is 1. The fraction of sp³-hybridized carbons (Fsp3) is 0.292. The summed E-state index contributed by atoms with van der Waals surface area (Å²) in [6.45, 7) is 2.92. The molecular formula is C24H26N2O6. The summed E-state index contributed by atoms with van der Waals surface area (Å²) < 4.78 is 5.46. The lowest BCUT2D eigenvalue weighted by Gasteiger charge is -2.21. The molecule has 0 bridgehead atoms. The van der Waals surface area contributed by atoms with Crippen molar-refractivity contribution in [3.63, 3.8) is 0 Å². The lowest BCUT2D eigenvalue weighted by molar-refractivity contribution is -0.143. The summed E-state index contributed by atoms with van der Waals surface area (Å²) in [6, 6.07) is 13.4. The first-order chi connectivity index (χ1) is 15.5. The van der Waals surface area contributed by atoms with Gasteiger partial charge in [0.1, 0.15) is 18.7 Å². The Labute approximate surface area is 185 Å². The predicted molar refractivity (Wildman–Crippen MR) is 118 cm³/mol. The Morgan fingerprint density at radius 3 is 2.12 bits per heavy atom. The number of amides is 2. The second-order valence-corrected chi connectivity index (χ2v) is 7.47. The molecule has 3 rings (SSSR count). The molecule has 0 aromatic heterocycles. The number of aliphatic hydroxyl groups is 1. The molecule has 2 aromatic rings. The number of alkyl carbamates (subject to hydrolysis) is 1. The van der Waals surface area contributed by atoms with Crippen molar-refractivity contribution in [2.45, 2.75) is 30.8 Å². The molecule has 0 heterocycles.